The van der Waals surface area contributed by atoms with Crippen molar-refractivity contribution in [1.82, 2.24) is 5.43 Å². The quantitative estimate of drug-likeness (QED) is 0.642. The van der Waals surface area contributed by atoms with Gasteiger partial charge >= 0.3 is 0 Å². The molecular formula is C15H17BrN2OS. The summed E-state index contributed by atoms with van der Waals surface area (Å²) < 4.78 is 6.89. The van der Waals surface area contributed by atoms with Crippen molar-refractivity contribution in [2.45, 2.75) is 25.3 Å². The number of benzene rings is 1. The summed E-state index contributed by atoms with van der Waals surface area (Å²) in [6.07, 6.45) is 2.80. The molecule has 0 saturated carbocycles. The average Bonchev–Trinajstić information content (AvgIpc) is 3.08. The fraction of sp³-hybridized carbons (Fsp3) is 0.333. The van der Waals surface area contributed by atoms with Crippen LogP contribution in [-0.4, -0.2) is 12.6 Å². The van der Waals surface area contributed by atoms with Gasteiger partial charge in [-0.15, -0.1) is 11.3 Å². The number of rotatable bonds is 5. The highest BCUT2D eigenvalue weighted by molar-refractivity contribution is 9.10. The molecule has 1 aliphatic heterocycles. The maximum Gasteiger partial charge on any atom is 0.125 e. The van der Waals surface area contributed by atoms with Crippen molar-refractivity contribution < 1.29 is 4.74 Å². The molecule has 1 atom stereocenters. The van der Waals surface area contributed by atoms with Crippen LogP contribution >= 0.6 is 27.3 Å². The zero-order valence-corrected chi connectivity index (χ0v) is 13.5. The second-order valence-corrected chi connectivity index (χ2v) is 6.95. The number of hydrogen-bond donors (Lipinski definition) is 2. The molecule has 0 amide bonds. The molecule has 3 N–H and O–H groups in total. The first-order valence-electron chi connectivity index (χ1n) is 6.69. The van der Waals surface area contributed by atoms with Gasteiger partial charge in [-0.1, -0.05) is 22.0 Å². The van der Waals surface area contributed by atoms with Crippen LogP contribution in [0.25, 0.3) is 0 Å². The second-order valence-electron chi connectivity index (χ2n) is 5.00. The monoisotopic (exact) mass is 352 g/mol. The summed E-state index contributed by atoms with van der Waals surface area (Å²) in [6, 6.07) is 8.74. The van der Waals surface area contributed by atoms with Gasteiger partial charge in [-0.25, -0.2) is 0 Å². The van der Waals surface area contributed by atoms with Crippen LogP contribution in [0.15, 0.2) is 34.1 Å². The Bertz CT molecular complexity index is 586. The molecule has 20 heavy (non-hydrogen) atoms. The van der Waals surface area contributed by atoms with E-state index < -0.39 is 0 Å². The number of hydrazine groups is 1. The lowest BCUT2D eigenvalue weighted by atomic mass is 10.00. The SMILES string of the molecule is NNC(Cc1cccs1)Cc1cc(Br)cc2c1OCC2. The second kappa shape index (κ2) is 6.26. The third kappa shape index (κ3) is 3.06. The van der Waals surface area contributed by atoms with Gasteiger partial charge in [-0.2, -0.15) is 0 Å². The minimum atomic E-state index is 0.219. The predicted octanol–water partition coefficient (Wildman–Crippen LogP) is 3.06. The first-order chi connectivity index (χ1) is 9.76. The normalized spacial score (nSPS) is 14.9. The van der Waals surface area contributed by atoms with Gasteiger partial charge in [0.15, 0.2) is 0 Å². The van der Waals surface area contributed by atoms with Gasteiger partial charge in [0.05, 0.1) is 6.61 Å². The van der Waals surface area contributed by atoms with Gasteiger partial charge in [-0.05, 0) is 47.5 Å². The zero-order chi connectivity index (χ0) is 13.9. The molecule has 106 valence electrons. The van der Waals surface area contributed by atoms with Crippen LogP contribution in [0.2, 0.25) is 0 Å². The summed E-state index contributed by atoms with van der Waals surface area (Å²) in [5, 5.41) is 2.10. The zero-order valence-electron chi connectivity index (χ0n) is 11.1. The van der Waals surface area contributed by atoms with Crippen molar-refractivity contribution in [2.75, 3.05) is 6.61 Å². The maximum absolute atomic E-state index is 5.78. The Morgan fingerprint density at radius 3 is 3.05 bits per heavy atom. The molecule has 1 unspecified atom stereocenters. The first-order valence-corrected chi connectivity index (χ1v) is 8.36. The number of nitrogens with one attached hydrogen (secondary N) is 1. The molecule has 1 aromatic heterocycles. The van der Waals surface area contributed by atoms with E-state index in [1.54, 1.807) is 11.3 Å². The van der Waals surface area contributed by atoms with Crippen molar-refractivity contribution in [1.29, 1.82) is 0 Å². The number of nitrogens with two attached hydrogens (primary N) is 1. The van der Waals surface area contributed by atoms with Crippen LogP contribution in [0, 0.1) is 0 Å². The number of thiophene rings is 1. The molecule has 1 aliphatic rings. The Kier molecular flexibility index (Phi) is 4.41. The first kappa shape index (κ1) is 14.1. The van der Waals surface area contributed by atoms with Crippen molar-refractivity contribution >= 4 is 27.3 Å². The van der Waals surface area contributed by atoms with Crippen molar-refractivity contribution in [3.8, 4) is 5.75 Å². The van der Waals surface area contributed by atoms with Crippen molar-refractivity contribution in [3.63, 3.8) is 0 Å². The molecule has 0 aliphatic carbocycles. The van der Waals surface area contributed by atoms with E-state index in [0.29, 0.717) is 0 Å². The molecule has 2 aromatic rings. The van der Waals surface area contributed by atoms with Gasteiger partial charge in [-0.3, -0.25) is 11.3 Å². The molecule has 0 bridgehead atoms. The van der Waals surface area contributed by atoms with Gasteiger partial charge in [0.2, 0.25) is 0 Å². The van der Waals surface area contributed by atoms with Gasteiger partial charge < -0.3 is 4.74 Å². The van der Waals surface area contributed by atoms with Crippen molar-refractivity contribution in [3.05, 3.63) is 50.1 Å². The summed E-state index contributed by atoms with van der Waals surface area (Å²) in [7, 11) is 0. The Morgan fingerprint density at radius 2 is 2.30 bits per heavy atom. The smallest absolute Gasteiger partial charge is 0.125 e. The standard InChI is InChI=1S/C15H17BrN2OS/c16-12-6-10-3-4-19-15(10)11(7-12)8-13(18-17)9-14-2-1-5-20-14/h1-2,5-7,13,18H,3-4,8-9,17H2. The minimum Gasteiger partial charge on any atom is -0.493 e. The largest absolute Gasteiger partial charge is 0.493 e. The summed E-state index contributed by atoms with van der Waals surface area (Å²) in [5.41, 5.74) is 5.46. The Labute approximate surface area is 131 Å². The predicted molar refractivity (Wildman–Crippen MR) is 86.2 cm³/mol. The fourth-order valence-electron chi connectivity index (χ4n) is 2.62. The summed E-state index contributed by atoms with van der Waals surface area (Å²) in [6.45, 7) is 0.782. The van der Waals surface area contributed by atoms with E-state index in [2.05, 4.69) is 51.0 Å². The number of fused-ring (bicyclic) bond motifs is 1. The Morgan fingerprint density at radius 1 is 1.40 bits per heavy atom. The molecule has 0 spiro atoms. The molecule has 0 radical (unpaired) electrons. The van der Waals surface area contributed by atoms with Crippen LogP contribution in [-0.2, 0) is 19.3 Å². The fourth-order valence-corrected chi connectivity index (χ4v) is 3.96. The van der Waals surface area contributed by atoms with E-state index in [1.165, 1.54) is 16.0 Å². The minimum absolute atomic E-state index is 0.219. The lowest BCUT2D eigenvalue weighted by molar-refractivity contribution is 0.351. The van der Waals surface area contributed by atoms with Crippen LogP contribution in [0.5, 0.6) is 5.75 Å². The number of hydrogen-bond acceptors (Lipinski definition) is 4. The third-order valence-corrected chi connectivity index (χ3v) is 4.91. The molecule has 0 saturated heterocycles. The Balaban J connectivity index is 1.79. The van der Waals surface area contributed by atoms with Gasteiger partial charge in [0.25, 0.3) is 0 Å². The van der Waals surface area contributed by atoms with Crippen LogP contribution in [0.3, 0.4) is 0 Å². The highest BCUT2D eigenvalue weighted by atomic mass is 79.9. The van der Waals surface area contributed by atoms with Crippen LogP contribution < -0.4 is 16.0 Å². The topological polar surface area (TPSA) is 47.3 Å². The molecule has 3 rings (SSSR count). The van der Waals surface area contributed by atoms with E-state index in [1.807, 2.05) is 0 Å². The Hall–Kier alpha value is -0.880. The molecule has 0 fully saturated rings. The molecular weight excluding hydrogens is 336 g/mol. The highest BCUT2D eigenvalue weighted by Crippen LogP contribution is 2.34. The van der Waals surface area contributed by atoms with E-state index in [9.17, 15) is 0 Å². The van der Waals surface area contributed by atoms with E-state index in [4.69, 9.17) is 10.6 Å². The van der Waals surface area contributed by atoms with Crippen molar-refractivity contribution in [2.24, 2.45) is 5.84 Å². The summed E-state index contributed by atoms with van der Waals surface area (Å²) in [5.74, 6) is 6.78. The molecule has 2 heterocycles. The number of ether oxygens (including phenoxy) is 1. The number of halogens is 1. The molecule has 5 heteroatoms. The maximum atomic E-state index is 5.78. The van der Waals surface area contributed by atoms with Gasteiger partial charge in [0.1, 0.15) is 5.75 Å². The van der Waals surface area contributed by atoms with Crippen LogP contribution in [0.4, 0.5) is 0 Å². The van der Waals surface area contributed by atoms with Crippen LogP contribution in [0.1, 0.15) is 16.0 Å². The summed E-state index contributed by atoms with van der Waals surface area (Å²) in [4.78, 5) is 1.35. The lowest BCUT2D eigenvalue weighted by Crippen LogP contribution is -2.38. The average molecular weight is 353 g/mol. The molecule has 3 nitrogen and oxygen atoms in total. The van der Waals surface area contributed by atoms with Gasteiger partial charge in [0, 0.05) is 21.8 Å². The summed E-state index contributed by atoms with van der Waals surface area (Å²) >= 11 is 5.35. The van der Waals surface area contributed by atoms with E-state index >= 15 is 0 Å². The highest BCUT2D eigenvalue weighted by Gasteiger charge is 2.20. The third-order valence-electron chi connectivity index (χ3n) is 3.56. The molecule has 1 aromatic carbocycles. The lowest BCUT2D eigenvalue weighted by Gasteiger charge is -2.17. The van der Waals surface area contributed by atoms with E-state index in [0.717, 1.165) is 36.1 Å². The van der Waals surface area contributed by atoms with E-state index in [-0.39, 0.29) is 6.04 Å².